The molecule has 0 radical (unpaired) electrons. The Hall–Kier alpha value is -0.420. The van der Waals surface area contributed by atoms with E-state index in [0.717, 1.165) is 6.42 Å². The molecule has 17 heavy (non-hydrogen) atoms. The van der Waals surface area contributed by atoms with Crippen LogP contribution in [0.5, 0.6) is 0 Å². The van der Waals surface area contributed by atoms with E-state index < -0.39 is 0 Å². The van der Waals surface area contributed by atoms with Crippen LogP contribution in [0.4, 0.5) is 0 Å². The van der Waals surface area contributed by atoms with Gasteiger partial charge in [0.1, 0.15) is 0 Å². The van der Waals surface area contributed by atoms with Gasteiger partial charge in [-0.05, 0) is 39.4 Å². The highest BCUT2D eigenvalue weighted by Gasteiger charge is 2.27. The summed E-state index contributed by atoms with van der Waals surface area (Å²) >= 11 is 1.79. The van der Waals surface area contributed by atoms with Gasteiger partial charge in [-0.25, -0.2) is 0 Å². The third-order valence-corrected chi connectivity index (χ3v) is 4.40. The fourth-order valence-corrected chi connectivity index (χ4v) is 3.06. The zero-order chi connectivity index (χ0) is 13.0. The molecule has 0 aliphatic carbocycles. The van der Waals surface area contributed by atoms with E-state index in [0.29, 0.717) is 0 Å². The minimum Gasteiger partial charge on any atom is -0.395 e. The fourth-order valence-electron chi connectivity index (χ4n) is 1.95. The molecule has 3 atom stereocenters. The third kappa shape index (κ3) is 3.52. The van der Waals surface area contributed by atoms with Crippen LogP contribution in [0, 0.1) is 6.92 Å². The van der Waals surface area contributed by atoms with Crippen LogP contribution in [0.2, 0.25) is 0 Å². The normalized spacial score (nSPS) is 17.1. The third-order valence-electron chi connectivity index (χ3n) is 3.33. The molecule has 1 aromatic heterocycles. The second-order valence-electron chi connectivity index (χ2n) is 4.66. The molecule has 0 aliphatic rings. The average molecular weight is 256 g/mol. The maximum Gasteiger partial charge on any atom is 0.0594 e. The Morgan fingerprint density at radius 2 is 2.12 bits per heavy atom. The number of aliphatic hydroxyl groups excluding tert-OH is 1. The summed E-state index contributed by atoms with van der Waals surface area (Å²) in [6, 6.07) is 4.71. The topological polar surface area (TPSA) is 49.5 Å². The van der Waals surface area contributed by atoms with Crippen molar-refractivity contribution in [1.82, 2.24) is 4.90 Å². The van der Waals surface area contributed by atoms with Crippen LogP contribution in [0.15, 0.2) is 12.1 Å². The van der Waals surface area contributed by atoms with Gasteiger partial charge < -0.3 is 10.8 Å². The van der Waals surface area contributed by atoms with Crippen molar-refractivity contribution in [1.29, 1.82) is 0 Å². The molecule has 0 bridgehead atoms. The van der Waals surface area contributed by atoms with Gasteiger partial charge in [-0.15, -0.1) is 11.3 Å². The monoisotopic (exact) mass is 256 g/mol. The van der Waals surface area contributed by atoms with Crippen molar-refractivity contribution in [2.75, 3.05) is 13.7 Å². The lowest BCUT2D eigenvalue weighted by Gasteiger charge is -2.35. The molecule has 3 unspecified atom stereocenters. The molecule has 3 N–H and O–H groups in total. The molecule has 0 spiro atoms. The number of thiophene rings is 1. The number of aryl methyl sites for hydroxylation is 1. The molecule has 3 nitrogen and oxygen atoms in total. The summed E-state index contributed by atoms with van der Waals surface area (Å²) in [4.78, 5) is 4.78. The molecule has 0 aliphatic heterocycles. The van der Waals surface area contributed by atoms with Gasteiger partial charge in [0, 0.05) is 21.8 Å². The van der Waals surface area contributed by atoms with Gasteiger partial charge in [0.15, 0.2) is 0 Å². The zero-order valence-corrected chi connectivity index (χ0v) is 12.0. The quantitative estimate of drug-likeness (QED) is 0.820. The van der Waals surface area contributed by atoms with Gasteiger partial charge in [-0.2, -0.15) is 0 Å². The lowest BCUT2D eigenvalue weighted by molar-refractivity contribution is 0.107. The molecule has 1 rings (SSSR count). The zero-order valence-electron chi connectivity index (χ0n) is 11.2. The van der Waals surface area contributed by atoms with Crippen LogP contribution in [0.3, 0.4) is 0 Å². The summed E-state index contributed by atoms with van der Waals surface area (Å²) in [7, 11) is 2.04. The van der Waals surface area contributed by atoms with Crippen molar-refractivity contribution in [3.8, 4) is 0 Å². The highest BCUT2D eigenvalue weighted by Crippen LogP contribution is 2.30. The number of aliphatic hydroxyl groups is 1. The Bertz CT molecular complexity index is 340. The highest BCUT2D eigenvalue weighted by atomic mass is 32.1. The number of hydrogen-bond acceptors (Lipinski definition) is 4. The van der Waals surface area contributed by atoms with Crippen LogP contribution in [0.1, 0.15) is 36.1 Å². The Labute approximate surface area is 108 Å². The van der Waals surface area contributed by atoms with E-state index in [4.69, 9.17) is 5.73 Å². The van der Waals surface area contributed by atoms with Crippen LogP contribution in [-0.2, 0) is 0 Å². The lowest BCUT2D eigenvalue weighted by Crippen LogP contribution is -2.43. The van der Waals surface area contributed by atoms with E-state index in [1.807, 2.05) is 14.0 Å². The molecule has 0 saturated carbocycles. The Kier molecular flexibility index (Phi) is 5.59. The van der Waals surface area contributed by atoms with Crippen LogP contribution >= 0.6 is 11.3 Å². The number of nitrogens with zero attached hydrogens (tertiary/aromatic N) is 1. The lowest BCUT2D eigenvalue weighted by atomic mass is 10.0. The van der Waals surface area contributed by atoms with Gasteiger partial charge >= 0.3 is 0 Å². The summed E-state index contributed by atoms with van der Waals surface area (Å²) in [6.45, 7) is 6.40. The number of nitrogens with two attached hydrogens (primary N) is 1. The molecule has 0 saturated heterocycles. The van der Waals surface area contributed by atoms with Gasteiger partial charge in [0.2, 0.25) is 0 Å². The first kappa shape index (κ1) is 14.6. The summed E-state index contributed by atoms with van der Waals surface area (Å²) < 4.78 is 0. The Morgan fingerprint density at radius 1 is 1.47 bits per heavy atom. The second kappa shape index (κ2) is 6.50. The van der Waals surface area contributed by atoms with Gasteiger partial charge in [0.05, 0.1) is 12.6 Å². The Balaban J connectivity index is 2.95. The number of likely N-dealkylation sites (N-methyl/N-ethyl adjacent to an activating group) is 1. The van der Waals surface area contributed by atoms with Crippen LogP contribution < -0.4 is 5.73 Å². The standard InChI is InChI=1S/C13H24N2OS/c1-5-11(14)13(15(4)9(2)8-16)12-7-6-10(3)17-12/h6-7,9,11,13,16H,5,8,14H2,1-4H3. The summed E-state index contributed by atoms with van der Waals surface area (Å²) in [5.41, 5.74) is 6.24. The molecule has 1 aromatic rings. The second-order valence-corrected chi connectivity index (χ2v) is 5.98. The highest BCUT2D eigenvalue weighted by molar-refractivity contribution is 7.12. The molecule has 0 aromatic carbocycles. The molecule has 1 heterocycles. The number of rotatable bonds is 6. The first-order chi connectivity index (χ1) is 8.01. The molecule has 98 valence electrons. The summed E-state index contributed by atoms with van der Waals surface area (Å²) in [5, 5.41) is 9.28. The first-order valence-corrected chi connectivity index (χ1v) is 6.97. The maximum atomic E-state index is 9.28. The van der Waals surface area contributed by atoms with Crippen molar-refractivity contribution in [2.24, 2.45) is 5.73 Å². The molecule has 0 amide bonds. The Morgan fingerprint density at radius 3 is 2.53 bits per heavy atom. The minimum absolute atomic E-state index is 0.104. The predicted molar refractivity (Wildman–Crippen MR) is 74.4 cm³/mol. The minimum atomic E-state index is 0.104. The van der Waals surface area contributed by atoms with Gasteiger partial charge in [-0.3, -0.25) is 4.90 Å². The van der Waals surface area contributed by atoms with Gasteiger partial charge in [0.25, 0.3) is 0 Å². The van der Waals surface area contributed by atoms with Gasteiger partial charge in [-0.1, -0.05) is 6.92 Å². The predicted octanol–water partition coefficient (Wildman–Crippen LogP) is 2.15. The van der Waals surface area contributed by atoms with E-state index in [1.54, 1.807) is 11.3 Å². The smallest absolute Gasteiger partial charge is 0.0594 e. The van der Waals surface area contributed by atoms with E-state index in [2.05, 4.69) is 30.9 Å². The fraction of sp³-hybridized carbons (Fsp3) is 0.692. The van der Waals surface area contributed by atoms with Crippen LogP contribution in [-0.4, -0.2) is 35.7 Å². The SMILES string of the molecule is CCC(N)C(c1ccc(C)s1)N(C)C(C)CO. The summed E-state index contributed by atoms with van der Waals surface area (Å²) in [5.74, 6) is 0. The van der Waals surface area contributed by atoms with Crippen molar-refractivity contribution in [2.45, 2.75) is 45.3 Å². The van der Waals surface area contributed by atoms with Crippen molar-refractivity contribution >= 4 is 11.3 Å². The molecule has 4 heteroatoms. The maximum absolute atomic E-state index is 9.28. The molecular weight excluding hydrogens is 232 g/mol. The van der Waals surface area contributed by atoms with E-state index in [1.165, 1.54) is 9.75 Å². The van der Waals surface area contributed by atoms with Crippen molar-refractivity contribution in [3.05, 3.63) is 21.9 Å². The van der Waals surface area contributed by atoms with Crippen LogP contribution in [0.25, 0.3) is 0 Å². The average Bonchev–Trinajstić information content (AvgIpc) is 2.74. The van der Waals surface area contributed by atoms with Crippen molar-refractivity contribution in [3.63, 3.8) is 0 Å². The van der Waals surface area contributed by atoms with E-state index >= 15 is 0 Å². The van der Waals surface area contributed by atoms with E-state index in [-0.39, 0.29) is 24.7 Å². The largest absolute Gasteiger partial charge is 0.395 e. The number of hydrogen-bond donors (Lipinski definition) is 2. The summed E-state index contributed by atoms with van der Waals surface area (Å²) in [6.07, 6.45) is 0.935. The van der Waals surface area contributed by atoms with Crippen molar-refractivity contribution < 1.29 is 5.11 Å². The molecule has 0 fully saturated rings. The molecular formula is C13H24N2OS. The first-order valence-electron chi connectivity index (χ1n) is 6.16. The van der Waals surface area contributed by atoms with E-state index in [9.17, 15) is 5.11 Å².